The summed E-state index contributed by atoms with van der Waals surface area (Å²) >= 11 is 0. The number of hydrogen-bond acceptors (Lipinski definition) is 4. The second kappa shape index (κ2) is 8.27. The van der Waals surface area contributed by atoms with Crippen molar-refractivity contribution in [2.45, 2.75) is 6.54 Å². The number of amides is 1. The summed E-state index contributed by atoms with van der Waals surface area (Å²) in [6.45, 7) is 0.305. The Morgan fingerprint density at radius 1 is 1.04 bits per heavy atom. The number of para-hydroxylation sites is 1. The van der Waals surface area contributed by atoms with Crippen LogP contribution in [0.4, 0.5) is 20.2 Å². The molecule has 1 amide bonds. The highest BCUT2D eigenvalue weighted by molar-refractivity contribution is 5.92. The van der Waals surface area contributed by atoms with Crippen LogP contribution >= 0.6 is 0 Å². The molecular formula is C20H17F2N3O2. The molecule has 0 aliphatic rings. The highest BCUT2D eigenvalue weighted by Crippen LogP contribution is 2.19. The first-order valence-corrected chi connectivity index (χ1v) is 8.15. The summed E-state index contributed by atoms with van der Waals surface area (Å²) in [6.07, 6.45) is 1.44. The maximum absolute atomic E-state index is 13.2. The minimum atomic E-state index is -0.944. The molecule has 27 heavy (non-hydrogen) atoms. The second-order valence-corrected chi connectivity index (χ2v) is 5.68. The third-order valence-corrected chi connectivity index (χ3v) is 3.84. The molecule has 0 radical (unpaired) electrons. The molecule has 3 aromatic rings. The summed E-state index contributed by atoms with van der Waals surface area (Å²) in [5.74, 6) is -1.50. The van der Waals surface area contributed by atoms with Gasteiger partial charge in [-0.2, -0.15) is 0 Å². The molecule has 7 heteroatoms. The molecule has 0 unspecified atom stereocenters. The van der Waals surface area contributed by atoms with Gasteiger partial charge in [-0.05, 0) is 30.3 Å². The number of halogens is 2. The van der Waals surface area contributed by atoms with E-state index in [2.05, 4.69) is 15.6 Å². The van der Waals surface area contributed by atoms with Crippen molar-refractivity contribution in [3.8, 4) is 5.75 Å². The van der Waals surface area contributed by atoms with Crippen LogP contribution in [0.2, 0.25) is 0 Å². The van der Waals surface area contributed by atoms with Crippen LogP contribution in [0.3, 0.4) is 0 Å². The standard InChI is InChI=1S/C20H17F2N3O2/c1-27-19-5-3-2-4-13(19)11-24-20(26)18-9-7-15(12-23-18)25-14-6-8-16(21)17(22)10-14/h2-10,12,25H,11H2,1H3,(H,24,26). The van der Waals surface area contributed by atoms with E-state index in [-0.39, 0.29) is 11.6 Å². The smallest absolute Gasteiger partial charge is 0.270 e. The highest BCUT2D eigenvalue weighted by Gasteiger charge is 2.09. The Kier molecular flexibility index (Phi) is 5.61. The largest absolute Gasteiger partial charge is 0.496 e. The zero-order valence-corrected chi connectivity index (χ0v) is 14.5. The molecule has 1 aromatic heterocycles. The Morgan fingerprint density at radius 2 is 1.81 bits per heavy atom. The van der Waals surface area contributed by atoms with E-state index in [1.54, 1.807) is 19.2 Å². The average Bonchev–Trinajstić information content (AvgIpc) is 2.69. The van der Waals surface area contributed by atoms with Crippen molar-refractivity contribution >= 4 is 17.3 Å². The van der Waals surface area contributed by atoms with Gasteiger partial charge in [0, 0.05) is 23.9 Å². The fourth-order valence-corrected chi connectivity index (χ4v) is 2.46. The van der Waals surface area contributed by atoms with Gasteiger partial charge < -0.3 is 15.4 Å². The third kappa shape index (κ3) is 4.58. The summed E-state index contributed by atoms with van der Waals surface area (Å²) in [7, 11) is 1.57. The van der Waals surface area contributed by atoms with Crippen LogP contribution in [0.25, 0.3) is 0 Å². The first-order valence-electron chi connectivity index (χ1n) is 8.15. The lowest BCUT2D eigenvalue weighted by molar-refractivity contribution is 0.0945. The Hall–Kier alpha value is -3.48. The summed E-state index contributed by atoms with van der Waals surface area (Å²) in [6, 6.07) is 14.1. The molecular weight excluding hydrogens is 352 g/mol. The van der Waals surface area contributed by atoms with Crippen molar-refractivity contribution in [2.75, 3.05) is 12.4 Å². The van der Waals surface area contributed by atoms with Crippen LogP contribution in [0, 0.1) is 11.6 Å². The van der Waals surface area contributed by atoms with Crippen LogP contribution < -0.4 is 15.4 Å². The van der Waals surface area contributed by atoms with Crippen molar-refractivity contribution in [3.05, 3.63) is 83.7 Å². The predicted molar refractivity (Wildman–Crippen MR) is 98.0 cm³/mol. The number of aromatic nitrogens is 1. The molecule has 0 saturated heterocycles. The number of hydrogen-bond donors (Lipinski definition) is 2. The predicted octanol–water partition coefficient (Wildman–Crippen LogP) is 4.04. The number of rotatable bonds is 6. The van der Waals surface area contributed by atoms with Crippen molar-refractivity contribution < 1.29 is 18.3 Å². The van der Waals surface area contributed by atoms with Crippen LogP contribution in [0.1, 0.15) is 16.1 Å². The Balaban J connectivity index is 1.62. The molecule has 0 saturated carbocycles. The van der Waals surface area contributed by atoms with Gasteiger partial charge in [0.15, 0.2) is 11.6 Å². The SMILES string of the molecule is COc1ccccc1CNC(=O)c1ccc(Nc2ccc(F)c(F)c2)cn1. The number of pyridine rings is 1. The zero-order valence-electron chi connectivity index (χ0n) is 14.5. The summed E-state index contributed by atoms with van der Waals surface area (Å²) in [5, 5.41) is 5.67. The topological polar surface area (TPSA) is 63.2 Å². The van der Waals surface area contributed by atoms with Gasteiger partial charge in [-0.3, -0.25) is 4.79 Å². The van der Waals surface area contributed by atoms with E-state index in [1.807, 2.05) is 24.3 Å². The van der Waals surface area contributed by atoms with Crippen molar-refractivity contribution in [1.29, 1.82) is 0 Å². The molecule has 0 fully saturated rings. The number of carbonyl (C=O) groups excluding carboxylic acids is 1. The number of ether oxygens (including phenoxy) is 1. The first-order chi connectivity index (χ1) is 13.1. The van der Waals surface area contributed by atoms with E-state index in [1.165, 1.54) is 12.3 Å². The molecule has 1 heterocycles. The lowest BCUT2D eigenvalue weighted by Gasteiger charge is -2.10. The molecule has 2 N–H and O–H groups in total. The van der Waals surface area contributed by atoms with Gasteiger partial charge in [-0.25, -0.2) is 13.8 Å². The fourth-order valence-electron chi connectivity index (χ4n) is 2.46. The zero-order chi connectivity index (χ0) is 19.2. The Morgan fingerprint density at radius 3 is 2.52 bits per heavy atom. The Labute approximate surface area is 155 Å². The number of nitrogens with zero attached hydrogens (tertiary/aromatic N) is 1. The van der Waals surface area contributed by atoms with Crippen molar-refractivity contribution in [1.82, 2.24) is 10.3 Å². The van der Waals surface area contributed by atoms with Gasteiger partial charge in [0.2, 0.25) is 0 Å². The molecule has 2 aromatic carbocycles. The maximum Gasteiger partial charge on any atom is 0.270 e. The first kappa shape index (κ1) is 18.3. The fraction of sp³-hybridized carbons (Fsp3) is 0.100. The van der Waals surface area contributed by atoms with Crippen LogP contribution in [0.5, 0.6) is 5.75 Å². The highest BCUT2D eigenvalue weighted by atomic mass is 19.2. The summed E-state index contributed by atoms with van der Waals surface area (Å²) < 4.78 is 31.4. The molecule has 0 atom stereocenters. The van der Waals surface area contributed by atoms with E-state index in [9.17, 15) is 13.6 Å². The molecule has 0 bridgehead atoms. The Bertz CT molecular complexity index is 946. The average molecular weight is 369 g/mol. The molecule has 138 valence electrons. The third-order valence-electron chi connectivity index (χ3n) is 3.84. The van der Waals surface area contributed by atoms with E-state index in [0.29, 0.717) is 23.7 Å². The van der Waals surface area contributed by atoms with Gasteiger partial charge in [-0.15, -0.1) is 0 Å². The minimum absolute atomic E-state index is 0.237. The van der Waals surface area contributed by atoms with Gasteiger partial charge in [0.1, 0.15) is 11.4 Å². The number of methoxy groups -OCH3 is 1. The second-order valence-electron chi connectivity index (χ2n) is 5.68. The van der Waals surface area contributed by atoms with Crippen LogP contribution in [-0.2, 0) is 6.54 Å². The number of carbonyl (C=O) groups is 1. The molecule has 3 rings (SSSR count). The summed E-state index contributed by atoms with van der Waals surface area (Å²) in [4.78, 5) is 16.3. The van der Waals surface area contributed by atoms with Gasteiger partial charge in [-0.1, -0.05) is 18.2 Å². The lowest BCUT2D eigenvalue weighted by atomic mass is 10.2. The molecule has 0 spiro atoms. The van der Waals surface area contributed by atoms with E-state index >= 15 is 0 Å². The summed E-state index contributed by atoms with van der Waals surface area (Å²) in [5.41, 5.74) is 2.01. The maximum atomic E-state index is 13.2. The normalized spacial score (nSPS) is 10.3. The van der Waals surface area contributed by atoms with Crippen LogP contribution in [0.15, 0.2) is 60.8 Å². The molecule has 0 aliphatic carbocycles. The van der Waals surface area contributed by atoms with E-state index in [0.717, 1.165) is 17.7 Å². The van der Waals surface area contributed by atoms with Gasteiger partial charge >= 0.3 is 0 Å². The van der Waals surface area contributed by atoms with Crippen molar-refractivity contribution in [2.24, 2.45) is 0 Å². The minimum Gasteiger partial charge on any atom is -0.496 e. The number of anilines is 2. The quantitative estimate of drug-likeness (QED) is 0.688. The van der Waals surface area contributed by atoms with Crippen LogP contribution in [-0.4, -0.2) is 18.0 Å². The number of nitrogens with one attached hydrogen (secondary N) is 2. The monoisotopic (exact) mass is 369 g/mol. The molecule has 5 nitrogen and oxygen atoms in total. The van der Waals surface area contributed by atoms with Gasteiger partial charge in [0.25, 0.3) is 5.91 Å². The molecule has 0 aliphatic heterocycles. The lowest BCUT2D eigenvalue weighted by Crippen LogP contribution is -2.24. The van der Waals surface area contributed by atoms with Gasteiger partial charge in [0.05, 0.1) is 19.0 Å². The van der Waals surface area contributed by atoms with E-state index < -0.39 is 11.6 Å². The number of benzene rings is 2. The van der Waals surface area contributed by atoms with E-state index in [4.69, 9.17) is 4.74 Å². The van der Waals surface area contributed by atoms with Crippen molar-refractivity contribution in [3.63, 3.8) is 0 Å².